The zero-order valence-electron chi connectivity index (χ0n) is 20.3. The van der Waals surface area contributed by atoms with Crippen LogP contribution in [-0.4, -0.2) is 10.9 Å². The molecule has 0 fully saturated rings. The lowest BCUT2D eigenvalue weighted by Crippen LogP contribution is -2.24. The number of aryl methyl sites for hydroxylation is 2. The van der Waals surface area contributed by atoms with Crippen LogP contribution < -0.4 is 11.1 Å². The Hall–Kier alpha value is -4.06. The fourth-order valence-electron chi connectivity index (χ4n) is 4.99. The molecule has 36 heavy (non-hydrogen) atoms. The summed E-state index contributed by atoms with van der Waals surface area (Å²) in [7, 11) is 0. The lowest BCUT2D eigenvalue weighted by atomic mass is 9.83. The van der Waals surface area contributed by atoms with E-state index in [1.54, 1.807) is 0 Å². The van der Waals surface area contributed by atoms with Crippen LogP contribution in [0.5, 0.6) is 0 Å². The smallest absolute Gasteiger partial charge is 0.251 e. The van der Waals surface area contributed by atoms with Crippen molar-refractivity contribution in [3.05, 3.63) is 117 Å². The van der Waals surface area contributed by atoms with Gasteiger partial charge in [0.25, 0.3) is 5.91 Å². The third-order valence-electron chi connectivity index (χ3n) is 6.93. The van der Waals surface area contributed by atoms with Gasteiger partial charge in [-0.2, -0.15) is 0 Å². The molecule has 182 valence electrons. The van der Waals surface area contributed by atoms with Gasteiger partial charge in [0.1, 0.15) is 17.5 Å². The van der Waals surface area contributed by atoms with Crippen LogP contribution in [0.2, 0.25) is 0 Å². The quantitative estimate of drug-likeness (QED) is 0.327. The van der Waals surface area contributed by atoms with Gasteiger partial charge < -0.3 is 11.1 Å². The number of nitrogens with two attached hydrogens (primary N) is 1. The molecule has 0 aliphatic heterocycles. The van der Waals surface area contributed by atoms with E-state index in [0.29, 0.717) is 35.5 Å². The summed E-state index contributed by atoms with van der Waals surface area (Å²) < 4.78 is 27.7. The number of nitrogens with one attached hydrogen (secondary N) is 1. The normalized spacial score (nSPS) is 12.1. The Morgan fingerprint density at radius 2 is 1.67 bits per heavy atom. The number of anilines is 1. The number of pyridine rings is 1. The summed E-state index contributed by atoms with van der Waals surface area (Å²) >= 11 is 0. The van der Waals surface area contributed by atoms with Gasteiger partial charge in [0.2, 0.25) is 0 Å². The second-order valence-corrected chi connectivity index (χ2v) is 9.25. The van der Waals surface area contributed by atoms with E-state index in [4.69, 9.17) is 5.73 Å². The van der Waals surface area contributed by atoms with Gasteiger partial charge in [-0.1, -0.05) is 31.2 Å². The van der Waals surface area contributed by atoms with Crippen LogP contribution in [-0.2, 0) is 25.8 Å². The van der Waals surface area contributed by atoms with Crippen LogP contribution in [0.1, 0.15) is 56.4 Å². The number of carbonyl (C=O) groups is 1. The van der Waals surface area contributed by atoms with E-state index in [1.165, 1.54) is 23.3 Å². The van der Waals surface area contributed by atoms with E-state index in [0.717, 1.165) is 46.9 Å². The second kappa shape index (κ2) is 9.53. The van der Waals surface area contributed by atoms with E-state index in [1.807, 2.05) is 49.4 Å². The van der Waals surface area contributed by atoms with Crippen molar-refractivity contribution in [1.29, 1.82) is 0 Å². The summed E-state index contributed by atoms with van der Waals surface area (Å²) in [4.78, 5) is 17.3. The average Bonchev–Trinajstić information content (AvgIpc) is 2.85. The molecule has 3 N–H and O–H groups in total. The summed E-state index contributed by atoms with van der Waals surface area (Å²) in [6.07, 6.45) is 2.19. The van der Waals surface area contributed by atoms with Crippen molar-refractivity contribution in [3.63, 3.8) is 0 Å². The first-order chi connectivity index (χ1) is 17.3. The third-order valence-corrected chi connectivity index (χ3v) is 6.93. The van der Waals surface area contributed by atoms with Gasteiger partial charge in [-0.25, -0.2) is 13.8 Å². The Morgan fingerprint density at radius 1 is 0.944 bits per heavy atom. The van der Waals surface area contributed by atoms with Gasteiger partial charge in [-0.15, -0.1) is 0 Å². The summed E-state index contributed by atoms with van der Waals surface area (Å²) in [5.41, 5.74) is 14.9. The van der Waals surface area contributed by atoms with Gasteiger partial charge in [-0.3, -0.25) is 4.79 Å². The van der Waals surface area contributed by atoms with E-state index < -0.39 is 11.6 Å². The molecule has 0 radical (unpaired) electrons. The van der Waals surface area contributed by atoms with Crippen LogP contribution in [0.3, 0.4) is 0 Å². The number of carbonyl (C=O) groups excluding carboxylic acids is 1. The lowest BCUT2D eigenvalue weighted by molar-refractivity contribution is 0.0950. The van der Waals surface area contributed by atoms with Crippen LogP contribution in [0.15, 0.2) is 60.7 Å². The highest BCUT2D eigenvalue weighted by molar-refractivity contribution is 5.94. The minimum absolute atomic E-state index is 0.149. The number of nitrogen functional groups attached to an aromatic ring is 1. The Morgan fingerprint density at radius 3 is 2.42 bits per heavy atom. The molecule has 0 atom stereocenters. The van der Waals surface area contributed by atoms with Gasteiger partial charge >= 0.3 is 0 Å². The number of nitrogens with zero attached hydrogens (tertiary/aromatic N) is 1. The maximum Gasteiger partial charge on any atom is 0.251 e. The van der Waals surface area contributed by atoms with E-state index >= 15 is 0 Å². The van der Waals surface area contributed by atoms with Crippen LogP contribution in [0.25, 0.3) is 11.1 Å². The maximum absolute atomic E-state index is 14.3. The van der Waals surface area contributed by atoms with Crippen LogP contribution >= 0.6 is 0 Å². The first kappa shape index (κ1) is 23.7. The molecule has 4 nitrogen and oxygen atoms in total. The molecule has 1 heterocycles. The molecule has 5 rings (SSSR count). The summed E-state index contributed by atoms with van der Waals surface area (Å²) in [5, 5.41) is 3.03. The Labute approximate surface area is 209 Å². The highest BCUT2D eigenvalue weighted by atomic mass is 19.1. The molecule has 4 aromatic rings. The number of halogens is 2. The minimum Gasteiger partial charge on any atom is -0.384 e. The van der Waals surface area contributed by atoms with Crippen molar-refractivity contribution < 1.29 is 13.6 Å². The molecular formula is C30H27F2N3O. The number of rotatable bonds is 5. The van der Waals surface area contributed by atoms with E-state index in [-0.39, 0.29) is 5.91 Å². The topological polar surface area (TPSA) is 68.0 Å². The molecule has 1 aliphatic rings. The molecular weight excluding hydrogens is 456 g/mol. The largest absolute Gasteiger partial charge is 0.384 e. The number of hydrogen-bond donors (Lipinski definition) is 2. The molecule has 1 amide bonds. The third kappa shape index (κ3) is 4.59. The first-order valence-corrected chi connectivity index (χ1v) is 12.0. The van der Waals surface area contributed by atoms with Crippen molar-refractivity contribution in [3.8, 4) is 11.1 Å². The fourth-order valence-corrected chi connectivity index (χ4v) is 4.99. The van der Waals surface area contributed by atoms with Gasteiger partial charge in [0, 0.05) is 29.4 Å². The number of benzene rings is 3. The molecule has 0 bridgehead atoms. The molecule has 0 spiro atoms. The highest BCUT2D eigenvalue weighted by Crippen LogP contribution is 2.32. The molecule has 0 saturated carbocycles. The number of hydrogen-bond acceptors (Lipinski definition) is 3. The van der Waals surface area contributed by atoms with Gasteiger partial charge in [-0.05, 0) is 95.5 Å². The fraction of sp³-hybridized carbons (Fsp3) is 0.200. The predicted molar refractivity (Wildman–Crippen MR) is 138 cm³/mol. The highest BCUT2D eigenvalue weighted by Gasteiger charge is 2.19. The first-order valence-electron chi connectivity index (χ1n) is 12.0. The van der Waals surface area contributed by atoms with E-state index in [2.05, 4.69) is 17.2 Å². The van der Waals surface area contributed by atoms with Crippen LogP contribution in [0, 0.1) is 18.6 Å². The number of amides is 1. The Kier molecular flexibility index (Phi) is 6.27. The Balaban J connectivity index is 1.36. The minimum atomic E-state index is -0.595. The molecule has 3 aromatic carbocycles. The monoisotopic (exact) mass is 483 g/mol. The standard InChI is InChI=1S/C30H27F2N3O/c1-3-18-14-29(33)35-17(2)27(18)16-34-30(36)22-7-5-20-10-19-4-6-21(11-23(19)13-24(20)12-22)26-9-8-25(31)15-28(26)32/h4-9,11-12,14-15H,3,10,13,16H2,1-2H3,(H2,33,35)(H,34,36). The van der Waals surface area contributed by atoms with E-state index in [9.17, 15) is 13.6 Å². The van der Waals surface area contributed by atoms with Crippen molar-refractivity contribution in [1.82, 2.24) is 10.3 Å². The molecule has 1 aliphatic carbocycles. The van der Waals surface area contributed by atoms with Crippen molar-refractivity contribution in [2.75, 3.05) is 5.73 Å². The zero-order chi connectivity index (χ0) is 25.4. The molecule has 0 saturated heterocycles. The van der Waals surface area contributed by atoms with Gasteiger partial charge in [0.15, 0.2) is 0 Å². The summed E-state index contributed by atoms with van der Waals surface area (Å²) in [5.74, 6) is -0.839. The van der Waals surface area contributed by atoms with Crippen molar-refractivity contribution in [2.45, 2.75) is 39.7 Å². The summed E-state index contributed by atoms with van der Waals surface area (Å²) in [6.45, 7) is 4.34. The average molecular weight is 484 g/mol. The Bertz CT molecular complexity index is 1500. The van der Waals surface area contributed by atoms with Gasteiger partial charge in [0.05, 0.1) is 0 Å². The molecule has 1 aromatic heterocycles. The lowest BCUT2D eigenvalue weighted by Gasteiger charge is -2.21. The second-order valence-electron chi connectivity index (χ2n) is 9.25. The summed E-state index contributed by atoms with van der Waals surface area (Å²) in [6, 6.07) is 17.1. The molecule has 0 unspecified atom stereocenters. The number of aromatic nitrogens is 1. The van der Waals surface area contributed by atoms with Crippen molar-refractivity contribution in [2.24, 2.45) is 0 Å². The number of fused-ring (bicyclic) bond motifs is 2. The predicted octanol–water partition coefficient (Wildman–Crippen LogP) is 5.90. The maximum atomic E-state index is 14.3. The van der Waals surface area contributed by atoms with Crippen molar-refractivity contribution >= 4 is 11.7 Å². The SMILES string of the molecule is CCc1cc(N)nc(C)c1CNC(=O)c1ccc2c(c1)Cc1cc(-c3ccc(F)cc3F)ccc1C2. The van der Waals surface area contributed by atoms with Crippen LogP contribution in [0.4, 0.5) is 14.6 Å². The molecule has 6 heteroatoms. The zero-order valence-corrected chi connectivity index (χ0v) is 20.3.